The standard InChI is InChI=1S/C18H21N/c1-2-14-12-13-19-18(14)17-11-7-6-10-16(17)15-8-4-3-5-9-15/h3-11,14,18-19H,2,12-13H2,1H3. The van der Waals surface area contributed by atoms with Gasteiger partial charge in [-0.05, 0) is 35.6 Å². The second-order valence-electron chi connectivity index (χ2n) is 5.34. The highest BCUT2D eigenvalue weighted by molar-refractivity contribution is 5.68. The Balaban J connectivity index is 2.03. The summed E-state index contributed by atoms with van der Waals surface area (Å²) in [7, 11) is 0. The van der Waals surface area contributed by atoms with Crippen LogP contribution in [0.25, 0.3) is 11.1 Å². The van der Waals surface area contributed by atoms with Gasteiger partial charge in [-0.3, -0.25) is 0 Å². The maximum atomic E-state index is 3.68. The molecular weight excluding hydrogens is 230 g/mol. The predicted octanol–water partition coefficient (Wildman–Crippen LogP) is 4.41. The van der Waals surface area contributed by atoms with Crippen LogP contribution < -0.4 is 5.32 Å². The molecular formula is C18H21N. The van der Waals surface area contributed by atoms with Crippen molar-refractivity contribution < 1.29 is 0 Å². The van der Waals surface area contributed by atoms with E-state index in [-0.39, 0.29) is 0 Å². The lowest BCUT2D eigenvalue weighted by Gasteiger charge is -2.21. The van der Waals surface area contributed by atoms with Gasteiger partial charge in [0.15, 0.2) is 0 Å². The van der Waals surface area contributed by atoms with E-state index < -0.39 is 0 Å². The zero-order valence-electron chi connectivity index (χ0n) is 11.5. The Morgan fingerprint density at radius 2 is 1.74 bits per heavy atom. The third-order valence-corrected chi connectivity index (χ3v) is 4.26. The van der Waals surface area contributed by atoms with Gasteiger partial charge < -0.3 is 5.32 Å². The van der Waals surface area contributed by atoms with E-state index in [1.54, 1.807) is 0 Å². The van der Waals surface area contributed by atoms with Crippen molar-refractivity contribution in [2.75, 3.05) is 6.54 Å². The van der Waals surface area contributed by atoms with Gasteiger partial charge in [-0.2, -0.15) is 0 Å². The molecule has 0 aromatic heterocycles. The average Bonchev–Trinajstić information content (AvgIpc) is 2.96. The summed E-state index contributed by atoms with van der Waals surface area (Å²) in [6.45, 7) is 3.45. The number of benzene rings is 2. The minimum atomic E-state index is 0.515. The molecule has 2 aromatic carbocycles. The quantitative estimate of drug-likeness (QED) is 0.851. The van der Waals surface area contributed by atoms with Crippen molar-refractivity contribution in [1.29, 1.82) is 0 Å². The van der Waals surface area contributed by atoms with Crippen molar-refractivity contribution in [2.45, 2.75) is 25.8 Å². The molecule has 98 valence electrons. The summed E-state index contributed by atoms with van der Waals surface area (Å²) in [5.74, 6) is 0.768. The predicted molar refractivity (Wildman–Crippen MR) is 81.0 cm³/mol. The minimum Gasteiger partial charge on any atom is -0.310 e. The second-order valence-corrected chi connectivity index (χ2v) is 5.34. The molecule has 1 N–H and O–H groups in total. The summed E-state index contributed by atoms with van der Waals surface area (Å²) in [5, 5.41) is 3.68. The molecule has 1 aliphatic rings. The van der Waals surface area contributed by atoms with Gasteiger partial charge in [0.05, 0.1) is 0 Å². The first kappa shape index (κ1) is 12.4. The Kier molecular flexibility index (Phi) is 3.65. The second kappa shape index (κ2) is 5.58. The largest absolute Gasteiger partial charge is 0.310 e. The highest BCUT2D eigenvalue weighted by Gasteiger charge is 2.28. The summed E-state index contributed by atoms with van der Waals surface area (Å²) in [5.41, 5.74) is 4.15. The summed E-state index contributed by atoms with van der Waals surface area (Å²) in [4.78, 5) is 0. The molecule has 2 atom stereocenters. The van der Waals surface area contributed by atoms with Gasteiger partial charge in [0.25, 0.3) is 0 Å². The third-order valence-electron chi connectivity index (χ3n) is 4.26. The van der Waals surface area contributed by atoms with Crippen LogP contribution >= 0.6 is 0 Å². The van der Waals surface area contributed by atoms with Gasteiger partial charge in [-0.25, -0.2) is 0 Å². The highest BCUT2D eigenvalue weighted by atomic mass is 15.0. The minimum absolute atomic E-state index is 0.515. The van der Waals surface area contributed by atoms with Gasteiger partial charge in [-0.1, -0.05) is 67.9 Å². The van der Waals surface area contributed by atoms with Crippen LogP contribution in [-0.4, -0.2) is 6.54 Å². The molecule has 19 heavy (non-hydrogen) atoms. The summed E-state index contributed by atoms with van der Waals surface area (Å²) in [6.07, 6.45) is 2.55. The summed E-state index contributed by atoms with van der Waals surface area (Å²) < 4.78 is 0. The fourth-order valence-electron chi connectivity index (χ4n) is 3.21. The molecule has 0 saturated carbocycles. The normalized spacial score (nSPS) is 22.6. The van der Waals surface area contributed by atoms with E-state index >= 15 is 0 Å². The lowest BCUT2D eigenvalue weighted by Crippen LogP contribution is -2.18. The topological polar surface area (TPSA) is 12.0 Å². The van der Waals surface area contributed by atoms with Crippen LogP contribution in [0, 0.1) is 5.92 Å². The van der Waals surface area contributed by atoms with E-state index in [9.17, 15) is 0 Å². The third kappa shape index (κ3) is 2.43. The van der Waals surface area contributed by atoms with Crippen molar-refractivity contribution in [3.05, 3.63) is 60.2 Å². The molecule has 1 aliphatic heterocycles. The van der Waals surface area contributed by atoms with Gasteiger partial charge in [0.1, 0.15) is 0 Å². The number of hydrogen-bond acceptors (Lipinski definition) is 1. The van der Waals surface area contributed by atoms with E-state index in [2.05, 4.69) is 66.8 Å². The molecule has 2 aromatic rings. The monoisotopic (exact) mass is 251 g/mol. The smallest absolute Gasteiger partial charge is 0.0355 e. The fourth-order valence-corrected chi connectivity index (χ4v) is 3.21. The van der Waals surface area contributed by atoms with Crippen molar-refractivity contribution in [3.8, 4) is 11.1 Å². The van der Waals surface area contributed by atoms with Crippen LogP contribution in [0.15, 0.2) is 54.6 Å². The van der Waals surface area contributed by atoms with Crippen LogP contribution in [0.1, 0.15) is 31.4 Å². The van der Waals surface area contributed by atoms with Crippen LogP contribution in [0.5, 0.6) is 0 Å². The molecule has 0 spiro atoms. The lowest BCUT2D eigenvalue weighted by molar-refractivity contribution is 0.450. The highest BCUT2D eigenvalue weighted by Crippen LogP contribution is 2.37. The fraction of sp³-hybridized carbons (Fsp3) is 0.333. The van der Waals surface area contributed by atoms with Crippen molar-refractivity contribution >= 4 is 0 Å². The van der Waals surface area contributed by atoms with E-state index in [0.29, 0.717) is 6.04 Å². The molecule has 0 aliphatic carbocycles. The lowest BCUT2D eigenvalue weighted by atomic mass is 9.87. The van der Waals surface area contributed by atoms with Crippen molar-refractivity contribution in [2.24, 2.45) is 5.92 Å². The van der Waals surface area contributed by atoms with E-state index in [1.807, 2.05) is 0 Å². The van der Waals surface area contributed by atoms with Crippen LogP contribution in [0.2, 0.25) is 0 Å². The Labute approximate surface area is 115 Å². The Morgan fingerprint density at radius 1 is 1.00 bits per heavy atom. The molecule has 1 heteroatoms. The maximum absolute atomic E-state index is 3.68. The molecule has 0 radical (unpaired) electrons. The zero-order valence-corrected chi connectivity index (χ0v) is 11.5. The average molecular weight is 251 g/mol. The molecule has 1 nitrogen and oxygen atoms in total. The summed E-state index contributed by atoms with van der Waals surface area (Å²) >= 11 is 0. The molecule has 1 heterocycles. The number of hydrogen-bond donors (Lipinski definition) is 1. The van der Waals surface area contributed by atoms with Crippen LogP contribution in [0.4, 0.5) is 0 Å². The van der Waals surface area contributed by atoms with Crippen molar-refractivity contribution in [1.82, 2.24) is 5.32 Å². The van der Waals surface area contributed by atoms with Crippen LogP contribution in [0.3, 0.4) is 0 Å². The van der Waals surface area contributed by atoms with Gasteiger partial charge >= 0.3 is 0 Å². The van der Waals surface area contributed by atoms with E-state index in [0.717, 1.165) is 12.5 Å². The molecule has 0 bridgehead atoms. The van der Waals surface area contributed by atoms with Gasteiger partial charge in [0.2, 0.25) is 0 Å². The molecule has 0 amide bonds. The first-order valence-electron chi connectivity index (χ1n) is 7.28. The van der Waals surface area contributed by atoms with Gasteiger partial charge in [-0.15, -0.1) is 0 Å². The first-order valence-corrected chi connectivity index (χ1v) is 7.28. The molecule has 3 rings (SSSR count). The number of rotatable bonds is 3. The Hall–Kier alpha value is -1.60. The Bertz CT molecular complexity index is 532. The maximum Gasteiger partial charge on any atom is 0.0355 e. The molecule has 1 saturated heterocycles. The van der Waals surface area contributed by atoms with E-state index in [1.165, 1.54) is 29.5 Å². The molecule has 1 fully saturated rings. The molecule has 2 unspecified atom stereocenters. The first-order chi connectivity index (χ1) is 9.40. The zero-order chi connectivity index (χ0) is 13.1. The van der Waals surface area contributed by atoms with Crippen molar-refractivity contribution in [3.63, 3.8) is 0 Å². The van der Waals surface area contributed by atoms with Gasteiger partial charge in [0, 0.05) is 6.04 Å². The van der Waals surface area contributed by atoms with E-state index in [4.69, 9.17) is 0 Å². The van der Waals surface area contributed by atoms with Crippen LogP contribution in [-0.2, 0) is 0 Å². The summed E-state index contributed by atoms with van der Waals surface area (Å²) in [6, 6.07) is 20.1. The Morgan fingerprint density at radius 3 is 2.53 bits per heavy atom. The SMILES string of the molecule is CCC1CCNC1c1ccccc1-c1ccccc1. The number of nitrogens with one attached hydrogen (secondary N) is 1.